The zero-order valence-electron chi connectivity index (χ0n) is 18.2. The van der Waals surface area contributed by atoms with Crippen LogP contribution in [0.5, 0.6) is 11.6 Å². The van der Waals surface area contributed by atoms with Crippen molar-refractivity contribution in [3.8, 4) is 34.0 Å². The highest BCUT2D eigenvalue weighted by atomic mass is 16.5. The summed E-state index contributed by atoms with van der Waals surface area (Å²) in [5, 5.41) is 31.0. The Morgan fingerprint density at radius 1 is 1.06 bits per heavy atom. The molecule has 2 fully saturated rings. The van der Waals surface area contributed by atoms with E-state index in [0.29, 0.717) is 23.1 Å². The fourth-order valence-corrected chi connectivity index (χ4v) is 4.32. The van der Waals surface area contributed by atoms with Crippen LogP contribution in [0.4, 0.5) is 5.82 Å². The van der Waals surface area contributed by atoms with Gasteiger partial charge in [0.25, 0.3) is 0 Å². The predicted octanol–water partition coefficient (Wildman–Crippen LogP) is 3.28. The van der Waals surface area contributed by atoms with Crippen LogP contribution in [0.1, 0.15) is 25.7 Å². The lowest BCUT2D eigenvalue weighted by Gasteiger charge is -2.28. The van der Waals surface area contributed by atoms with Crippen LogP contribution in [-0.4, -0.2) is 58.3 Å². The molecule has 8 heteroatoms. The third kappa shape index (κ3) is 4.36. The molecule has 1 aliphatic heterocycles. The normalized spacial score (nSPS) is 18.5. The van der Waals surface area contributed by atoms with Gasteiger partial charge in [-0.05, 0) is 61.6 Å². The van der Waals surface area contributed by atoms with Crippen molar-refractivity contribution in [3.05, 3.63) is 42.6 Å². The monoisotopic (exact) mass is 432 g/mol. The molecule has 2 aliphatic rings. The number of phenols is 1. The van der Waals surface area contributed by atoms with Crippen molar-refractivity contribution >= 4 is 5.82 Å². The molecule has 0 bridgehead atoms. The van der Waals surface area contributed by atoms with Crippen LogP contribution in [0.15, 0.2) is 42.6 Å². The first-order valence-corrected chi connectivity index (χ1v) is 11.2. The Morgan fingerprint density at radius 2 is 1.97 bits per heavy atom. The van der Waals surface area contributed by atoms with E-state index in [1.165, 1.54) is 25.7 Å². The number of methoxy groups -OCH3 is 1. The minimum Gasteiger partial charge on any atom is -0.507 e. The van der Waals surface area contributed by atoms with Gasteiger partial charge in [0.2, 0.25) is 5.88 Å². The largest absolute Gasteiger partial charge is 0.507 e. The van der Waals surface area contributed by atoms with E-state index in [0.717, 1.165) is 42.6 Å². The van der Waals surface area contributed by atoms with Crippen molar-refractivity contribution < 1.29 is 9.84 Å². The molecule has 1 saturated carbocycles. The molecule has 0 unspecified atom stereocenters. The van der Waals surface area contributed by atoms with Crippen molar-refractivity contribution in [2.75, 3.05) is 31.6 Å². The smallest absolute Gasteiger partial charge is 0.233 e. The number of anilines is 1. The minimum atomic E-state index is 0.142. The van der Waals surface area contributed by atoms with E-state index < -0.39 is 0 Å². The molecule has 5 rings (SSSR count). The average molecular weight is 433 g/mol. The first kappa shape index (κ1) is 20.6. The molecule has 1 aromatic carbocycles. The molecule has 0 amide bonds. The standard InChI is InChI=1S/C24H28N6O2/c1-32-24-12-18(14-26-29-24)17-5-6-20(22(31)11-17)21-7-8-23(28-27-21)30-10-9-16(15-30)13-25-19-3-2-4-19/h5-8,11-12,14,16,19,25,31H,2-4,9-10,13,15H2,1H3/t16-/m0/s1. The van der Waals surface area contributed by atoms with Crippen LogP contribution in [0.3, 0.4) is 0 Å². The molecular weight excluding hydrogens is 404 g/mol. The van der Waals surface area contributed by atoms with Crippen LogP contribution < -0.4 is 15.0 Å². The van der Waals surface area contributed by atoms with Gasteiger partial charge in [-0.2, -0.15) is 5.10 Å². The van der Waals surface area contributed by atoms with Crippen molar-refractivity contribution in [2.24, 2.45) is 5.92 Å². The van der Waals surface area contributed by atoms with Gasteiger partial charge in [0, 0.05) is 36.3 Å². The van der Waals surface area contributed by atoms with Crippen LogP contribution >= 0.6 is 0 Å². The van der Waals surface area contributed by atoms with Crippen LogP contribution in [0.2, 0.25) is 0 Å². The summed E-state index contributed by atoms with van der Waals surface area (Å²) in [4.78, 5) is 2.30. The predicted molar refractivity (Wildman–Crippen MR) is 123 cm³/mol. The molecule has 1 atom stereocenters. The highest BCUT2D eigenvalue weighted by Gasteiger charge is 2.25. The first-order valence-electron chi connectivity index (χ1n) is 11.2. The van der Waals surface area contributed by atoms with E-state index in [1.54, 1.807) is 25.4 Å². The van der Waals surface area contributed by atoms with Gasteiger partial charge in [0.05, 0.1) is 19.0 Å². The van der Waals surface area contributed by atoms with Gasteiger partial charge < -0.3 is 20.1 Å². The Kier molecular flexibility index (Phi) is 5.85. The van der Waals surface area contributed by atoms with Gasteiger partial charge >= 0.3 is 0 Å². The third-order valence-corrected chi connectivity index (χ3v) is 6.51. The van der Waals surface area contributed by atoms with E-state index in [-0.39, 0.29) is 5.75 Å². The second-order valence-corrected chi connectivity index (χ2v) is 8.63. The van der Waals surface area contributed by atoms with Crippen LogP contribution in [0, 0.1) is 5.92 Å². The maximum absolute atomic E-state index is 10.6. The number of aromatic hydroxyl groups is 1. The summed E-state index contributed by atoms with van der Waals surface area (Å²) < 4.78 is 5.13. The highest BCUT2D eigenvalue weighted by Crippen LogP contribution is 2.33. The molecule has 0 spiro atoms. The second kappa shape index (κ2) is 9.08. The number of benzene rings is 1. The maximum atomic E-state index is 10.6. The summed E-state index contributed by atoms with van der Waals surface area (Å²) >= 11 is 0. The first-order chi connectivity index (χ1) is 15.7. The van der Waals surface area contributed by atoms with E-state index in [2.05, 4.69) is 30.6 Å². The fraction of sp³-hybridized carbons (Fsp3) is 0.417. The molecular formula is C24H28N6O2. The number of ether oxygens (including phenoxy) is 1. The Balaban J connectivity index is 1.25. The quantitative estimate of drug-likeness (QED) is 0.587. The number of hydrogen-bond acceptors (Lipinski definition) is 8. The molecule has 3 heterocycles. The minimum absolute atomic E-state index is 0.142. The fourth-order valence-electron chi connectivity index (χ4n) is 4.32. The molecule has 2 N–H and O–H groups in total. The highest BCUT2D eigenvalue weighted by molar-refractivity contribution is 5.74. The zero-order valence-corrected chi connectivity index (χ0v) is 18.2. The number of nitrogens with one attached hydrogen (secondary N) is 1. The van der Waals surface area contributed by atoms with Crippen molar-refractivity contribution in [2.45, 2.75) is 31.7 Å². The van der Waals surface area contributed by atoms with Gasteiger partial charge in [-0.15, -0.1) is 15.3 Å². The number of phenolic OH excluding ortho intramolecular Hbond substituents is 1. The number of hydrogen-bond donors (Lipinski definition) is 2. The molecule has 3 aromatic rings. The van der Waals surface area contributed by atoms with E-state index in [1.807, 2.05) is 24.3 Å². The van der Waals surface area contributed by atoms with Gasteiger partial charge in [-0.1, -0.05) is 12.5 Å². The molecule has 166 valence electrons. The summed E-state index contributed by atoms with van der Waals surface area (Å²) in [6.45, 7) is 3.11. The van der Waals surface area contributed by atoms with Crippen LogP contribution in [0.25, 0.3) is 22.4 Å². The Morgan fingerprint density at radius 3 is 2.69 bits per heavy atom. The van der Waals surface area contributed by atoms with Crippen molar-refractivity contribution in [3.63, 3.8) is 0 Å². The lowest BCUT2D eigenvalue weighted by molar-refractivity contribution is 0.321. The van der Waals surface area contributed by atoms with E-state index in [9.17, 15) is 5.11 Å². The summed E-state index contributed by atoms with van der Waals surface area (Å²) in [7, 11) is 1.55. The van der Waals surface area contributed by atoms with E-state index >= 15 is 0 Å². The second-order valence-electron chi connectivity index (χ2n) is 8.63. The van der Waals surface area contributed by atoms with Gasteiger partial charge in [-0.3, -0.25) is 0 Å². The SMILES string of the molecule is COc1cc(-c2ccc(-c3ccc(N4CC[C@@H](CNC5CCC5)C4)nn3)c(O)c2)cnn1. The summed E-state index contributed by atoms with van der Waals surface area (Å²) in [6.07, 6.45) is 6.83. The summed E-state index contributed by atoms with van der Waals surface area (Å²) in [5.74, 6) is 2.13. The number of nitrogens with zero attached hydrogens (tertiary/aromatic N) is 5. The number of rotatable bonds is 7. The lowest BCUT2D eigenvalue weighted by atomic mass is 9.92. The Labute approximate surface area is 187 Å². The molecule has 8 nitrogen and oxygen atoms in total. The average Bonchev–Trinajstić information content (AvgIpc) is 3.27. The molecule has 0 radical (unpaired) electrons. The van der Waals surface area contributed by atoms with Crippen molar-refractivity contribution in [1.29, 1.82) is 0 Å². The van der Waals surface area contributed by atoms with Gasteiger partial charge in [-0.25, -0.2) is 0 Å². The topological polar surface area (TPSA) is 96.3 Å². The third-order valence-electron chi connectivity index (χ3n) is 6.51. The maximum Gasteiger partial charge on any atom is 0.233 e. The molecule has 32 heavy (non-hydrogen) atoms. The van der Waals surface area contributed by atoms with Crippen LogP contribution in [-0.2, 0) is 0 Å². The Hall–Kier alpha value is -3.26. The zero-order chi connectivity index (χ0) is 21.9. The lowest BCUT2D eigenvalue weighted by Crippen LogP contribution is -2.38. The van der Waals surface area contributed by atoms with Crippen molar-refractivity contribution in [1.82, 2.24) is 25.7 Å². The molecule has 1 saturated heterocycles. The summed E-state index contributed by atoms with van der Waals surface area (Å²) in [6, 6.07) is 11.9. The molecule has 1 aliphatic carbocycles. The molecule has 2 aromatic heterocycles. The van der Waals surface area contributed by atoms with Gasteiger partial charge in [0.15, 0.2) is 5.82 Å². The Bertz CT molecular complexity index is 1070. The summed E-state index contributed by atoms with van der Waals surface area (Å²) in [5.41, 5.74) is 2.93. The van der Waals surface area contributed by atoms with E-state index in [4.69, 9.17) is 4.74 Å². The van der Waals surface area contributed by atoms with Gasteiger partial charge in [0.1, 0.15) is 5.75 Å². The number of aromatic nitrogens is 4.